The molecule has 7 nitrogen and oxygen atoms in total. The predicted octanol–water partition coefficient (Wildman–Crippen LogP) is 1.95. The monoisotopic (exact) mass is 356 g/mol. The first-order chi connectivity index (χ1) is 12.6. The molecule has 0 bridgehead atoms. The Balaban J connectivity index is 1.38. The number of aryl methyl sites for hydroxylation is 1. The minimum atomic E-state index is -0.0412. The predicted molar refractivity (Wildman–Crippen MR) is 97.3 cm³/mol. The summed E-state index contributed by atoms with van der Waals surface area (Å²) in [4.78, 5) is 30.6. The zero-order valence-electron chi connectivity index (χ0n) is 14.9. The highest BCUT2D eigenvalue weighted by molar-refractivity contribution is 5.91. The van der Waals surface area contributed by atoms with Crippen LogP contribution < -0.4 is 10.6 Å². The van der Waals surface area contributed by atoms with E-state index in [2.05, 4.69) is 20.5 Å². The second-order valence-corrected chi connectivity index (χ2v) is 6.62. The lowest BCUT2D eigenvalue weighted by molar-refractivity contribution is -0.123. The van der Waals surface area contributed by atoms with Gasteiger partial charge in [0.05, 0.1) is 19.4 Å². The standard InChI is InChI=1S/C19H24N4O3/c1-14-4-5-17(20-11-14)22-19(25)15-6-8-23(9-7-15)13-18(24)21-12-16-3-2-10-26-16/h2-5,10-11,15H,6-9,12-13H2,1H3,(H,21,24)(H,20,22,25). The summed E-state index contributed by atoms with van der Waals surface area (Å²) in [6, 6.07) is 7.36. The lowest BCUT2D eigenvalue weighted by atomic mass is 9.96. The van der Waals surface area contributed by atoms with Gasteiger partial charge in [-0.1, -0.05) is 6.07 Å². The topological polar surface area (TPSA) is 87.5 Å². The van der Waals surface area contributed by atoms with Crippen molar-refractivity contribution in [1.29, 1.82) is 0 Å². The summed E-state index contributed by atoms with van der Waals surface area (Å²) in [5.41, 5.74) is 1.06. The van der Waals surface area contributed by atoms with Gasteiger partial charge in [0.15, 0.2) is 0 Å². The Hall–Kier alpha value is -2.67. The number of amides is 2. The first-order valence-corrected chi connectivity index (χ1v) is 8.85. The van der Waals surface area contributed by atoms with Crippen molar-refractivity contribution in [3.8, 4) is 0 Å². The van der Waals surface area contributed by atoms with Crippen LogP contribution in [0, 0.1) is 12.8 Å². The fourth-order valence-corrected chi connectivity index (χ4v) is 2.98. The Morgan fingerprint density at radius 1 is 1.27 bits per heavy atom. The number of piperidine rings is 1. The quantitative estimate of drug-likeness (QED) is 0.826. The molecule has 0 saturated carbocycles. The Labute approximate surface area is 152 Å². The second kappa shape index (κ2) is 8.62. The fraction of sp³-hybridized carbons (Fsp3) is 0.421. The van der Waals surface area contributed by atoms with Crippen LogP contribution in [0.4, 0.5) is 5.82 Å². The molecule has 2 aromatic rings. The highest BCUT2D eigenvalue weighted by Gasteiger charge is 2.26. The van der Waals surface area contributed by atoms with Crippen molar-refractivity contribution in [1.82, 2.24) is 15.2 Å². The lowest BCUT2D eigenvalue weighted by Crippen LogP contribution is -2.43. The van der Waals surface area contributed by atoms with E-state index in [0.717, 1.165) is 37.3 Å². The minimum Gasteiger partial charge on any atom is -0.467 e. The van der Waals surface area contributed by atoms with Gasteiger partial charge in [0.25, 0.3) is 0 Å². The third-order valence-electron chi connectivity index (χ3n) is 4.53. The average Bonchev–Trinajstić information content (AvgIpc) is 3.16. The van der Waals surface area contributed by atoms with Crippen molar-refractivity contribution >= 4 is 17.6 Å². The summed E-state index contributed by atoms with van der Waals surface area (Å²) in [5, 5.41) is 5.71. The highest BCUT2D eigenvalue weighted by atomic mass is 16.3. The largest absolute Gasteiger partial charge is 0.467 e. The maximum atomic E-state index is 12.4. The number of carbonyl (C=O) groups is 2. The van der Waals surface area contributed by atoms with Gasteiger partial charge in [-0.2, -0.15) is 0 Å². The molecule has 2 aromatic heterocycles. The van der Waals surface area contributed by atoms with Gasteiger partial charge >= 0.3 is 0 Å². The molecule has 138 valence electrons. The molecule has 7 heteroatoms. The normalized spacial score (nSPS) is 15.6. The molecule has 1 fully saturated rings. The molecule has 0 spiro atoms. The van der Waals surface area contributed by atoms with E-state index in [-0.39, 0.29) is 17.7 Å². The molecule has 2 amide bonds. The van der Waals surface area contributed by atoms with Crippen LogP contribution in [0.1, 0.15) is 24.2 Å². The molecule has 0 radical (unpaired) electrons. The summed E-state index contributed by atoms with van der Waals surface area (Å²) < 4.78 is 5.19. The van der Waals surface area contributed by atoms with E-state index in [0.29, 0.717) is 18.9 Å². The number of hydrogen-bond donors (Lipinski definition) is 2. The van der Waals surface area contributed by atoms with E-state index >= 15 is 0 Å². The highest BCUT2D eigenvalue weighted by Crippen LogP contribution is 2.19. The van der Waals surface area contributed by atoms with E-state index in [1.165, 1.54) is 0 Å². The van der Waals surface area contributed by atoms with Crippen LogP contribution in [0.5, 0.6) is 0 Å². The maximum Gasteiger partial charge on any atom is 0.234 e. The molecule has 0 aromatic carbocycles. The van der Waals surface area contributed by atoms with E-state index in [1.54, 1.807) is 18.5 Å². The van der Waals surface area contributed by atoms with Gasteiger partial charge in [0.2, 0.25) is 11.8 Å². The molecule has 2 N–H and O–H groups in total. The van der Waals surface area contributed by atoms with Crippen molar-refractivity contribution < 1.29 is 14.0 Å². The van der Waals surface area contributed by atoms with E-state index in [1.807, 2.05) is 25.1 Å². The van der Waals surface area contributed by atoms with E-state index in [9.17, 15) is 9.59 Å². The van der Waals surface area contributed by atoms with Crippen molar-refractivity contribution in [3.63, 3.8) is 0 Å². The second-order valence-electron chi connectivity index (χ2n) is 6.62. The number of hydrogen-bond acceptors (Lipinski definition) is 5. The molecule has 26 heavy (non-hydrogen) atoms. The molecule has 0 aliphatic carbocycles. The number of nitrogens with zero attached hydrogens (tertiary/aromatic N) is 2. The van der Waals surface area contributed by atoms with Crippen LogP contribution in [-0.4, -0.2) is 41.3 Å². The number of aromatic nitrogens is 1. The first-order valence-electron chi connectivity index (χ1n) is 8.85. The van der Waals surface area contributed by atoms with Crippen molar-refractivity contribution in [3.05, 3.63) is 48.0 Å². The van der Waals surface area contributed by atoms with Crippen LogP contribution in [0.15, 0.2) is 41.1 Å². The summed E-state index contributed by atoms with van der Waals surface area (Å²) in [6.45, 7) is 4.16. The zero-order chi connectivity index (χ0) is 18.4. The van der Waals surface area contributed by atoms with Gasteiger partial charge < -0.3 is 15.1 Å². The first kappa shape index (κ1) is 18.1. The summed E-state index contributed by atoms with van der Waals surface area (Å²) in [5.74, 6) is 1.25. The van der Waals surface area contributed by atoms with Gasteiger partial charge in [-0.3, -0.25) is 14.5 Å². The molecule has 1 saturated heterocycles. The van der Waals surface area contributed by atoms with Gasteiger partial charge in [0.1, 0.15) is 11.6 Å². The Kier molecular flexibility index (Phi) is 6.01. The molecule has 0 atom stereocenters. The third-order valence-corrected chi connectivity index (χ3v) is 4.53. The summed E-state index contributed by atoms with van der Waals surface area (Å²) in [6.07, 6.45) is 4.80. The van der Waals surface area contributed by atoms with Gasteiger partial charge in [-0.25, -0.2) is 4.98 Å². The SMILES string of the molecule is Cc1ccc(NC(=O)C2CCN(CC(=O)NCc3ccco3)CC2)nc1. The molecule has 1 aliphatic heterocycles. The molecule has 3 heterocycles. The minimum absolute atomic E-state index is 0.00303. The van der Waals surface area contributed by atoms with Gasteiger partial charge in [0, 0.05) is 12.1 Å². The number of anilines is 1. The molecular weight excluding hydrogens is 332 g/mol. The van der Waals surface area contributed by atoms with Crippen LogP contribution >= 0.6 is 0 Å². The van der Waals surface area contributed by atoms with Crippen molar-refractivity contribution in [2.24, 2.45) is 5.92 Å². The number of likely N-dealkylation sites (tertiary alicyclic amines) is 1. The van der Waals surface area contributed by atoms with E-state index in [4.69, 9.17) is 4.42 Å². The molecule has 1 aliphatic rings. The van der Waals surface area contributed by atoms with Gasteiger partial charge in [-0.15, -0.1) is 0 Å². The van der Waals surface area contributed by atoms with Crippen molar-refractivity contribution in [2.45, 2.75) is 26.3 Å². The fourth-order valence-electron chi connectivity index (χ4n) is 2.98. The summed E-state index contributed by atoms with van der Waals surface area (Å²) >= 11 is 0. The third kappa shape index (κ3) is 5.16. The van der Waals surface area contributed by atoms with Crippen LogP contribution in [0.3, 0.4) is 0 Å². The Morgan fingerprint density at radius 2 is 2.08 bits per heavy atom. The molecular formula is C19H24N4O3. The van der Waals surface area contributed by atoms with Crippen LogP contribution in [0.2, 0.25) is 0 Å². The zero-order valence-corrected chi connectivity index (χ0v) is 14.9. The molecule has 0 unspecified atom stereocenters. The smallest absolute Gasteiger partial charge is 0.234 e. The Bertz CT molecular complexity index is 720. The molecule has 3 rings (SSSR count). The number of rotatable bonds is 6. The number of carbonyl (C=O) groups excluding carboxylic acids is 2. The van der Waals surface area contributed by atoms with Crippen molar-refractivity contribution in [2.75, 3.05) is 25.0 Å². The van der Waals surface area contributed by atoms with Crippen LogP contribution in [0.25, 0.3) is 0 Å². The van der Waals surface area contributed by atoms with Crippen LogP contribution in [-0.2, 0) is 16.1 Å². The lowest BCUT2D eigenvalue weighted by Gasteiger charge is -2.30. The van der Waals surface area contributed by atoms with E-state index < -0.39 is 0 Å². The number of pyridine rings is 1. The maximum absolute atomic E-state index is 12.4. The number of furan rings is 1. The van der Waals surface area contributed by atoms with Gasteiger partial charge in [-0.05, 0) is 56.6 Å². The average molecular weight is 356 g/mol. The number of nitrogens with one attached hydrogen (secondary N) is 2. The Morgan fingerprint density at radius 3 is 2.73 bits per heavy atom. The summed E-state index contributed by atoms with van der Waals surface area (Å²) in [7, 11) is 0.